The summed E-state index contributed by atoms with van der Waals surface area (Å²) in [4.78, 5) is 11.6. The Bertz CT molecular complexity index is 777. The number of carbonyl (C=O) groups excluding carboxylic acids is 1. The van der Waals surface area contributed by atoms with Crippen LogP contribution < -0.4 is 14.8 Å². The fourth-order valence-corrected chi connectivity index (χ4v) is 3.13. The van der Waals surface area contributed by atoms with Gasteiger partial charge >= 0.3 is 6.09 Å². The minimum Gasteiger partial charge on any atom is -0.493 e. The number of anilines is 1. The van der Waals surface area contributed by atoms with E-state index in [1.54, 1.807) is 6.07 Å². The molecule has 0 fully saturated rings. The van der Waals surface area contributed by atoms with E-state index in [2.05, 4.69) is 41.2 Å². The molecule has 6 heteroatoms. The molecule has 0 atom stereocenters. The predicted octanol–water partition coefficient (Wildman–Crippen LogP) is 5.48. The average molecular weight is 422 g/mol. The first-order chi connectivity index (χ1) is 12.5. The molecule has 0 aromatic heterocycles. The largest absolute Gasteiger partial charge is 0.493 e. The summed E-state index contributed by atoms with van der Waals surface area (Å²) < 4.78 is 17.3. The van der Waals surface area contributed by atoms with Gasteiger partial charge in [0, 0.05) is 0 Å². The normalized spacial score (nSPS) is 10.3. The molecule has 0 aliphatic rings. The summed E-state index contributed by atoms with van der Waals surface area (Å²) in [6, 6.07) is 9.55. The van der Waals surface area contributed by atoms with Gasteiger partial charge in [-0.1, -0.05) is 13.0 Å². The Morgan fingerprint density at radius 2 is 1.92 bits per heavy atom. The minimum atomic E-state index is -0.538. The molecule has 0 unspecified atom stereocenters. The van der Waals surface area contributed by atoms with Crippen molar-refractivity contribution in [3.8, 4) is 11.5 Å². The van der Waals surface area contributed by atoms with E-state index in [1.807, 2.05) is 25.1 Å². The summed E-state index contributed by atoms with van der Waals surface area (Å²) in [7, 11) is 1.33. The molecule has 2 rings (SSSR count). The van der Waals surface area contributed by atoms with E-state index in [0.717, 1.165) is 22.2 Å². The van der Waals surface area contributed by atoms with Crippen LogP contribution in [-0.2, 0) is 17.8 Å². The number of carbonyl (C=O) groups is 1. The Morgan fingerprint density at radius 3 is 2.58 bits per heavy atom. The maximum atomic E-state index is 11.6. The summed E-state index contributed by atoms with van der Waals surface area (Å²) in [5.74, 6) is 1.41. The van der Waals surface area contributed by atoms with Gasteiger partial charge in [0.25, 0.3) is 0 Å². The molecule has 2 aromatic rings. The van der Waals surface area contributed by atoms with Crippen molar-refractivity contribution < 1.29 is 19.0 Å². The van der Waals surface area contributed by atoms with Crippen LogP contribution in [0.4, 0.5) is 10.5 Å². The number of nitrogens with one attached hydrogen (secondary N) is 1. The maximum Gasteiger partial charge on any atom is 0.411 e. The molecule has 1 N–H and O–H groups in total. The van der Waals surface area contributed by atoms with Gasteiger partial charge < -0.3 is 14.2 Å². The molecular weight excluding hydrogens is 398 g/mol. The predicted molar refractivity (Wildman–Crippen MR) is 106 cm³/mol. The number of halogens is 1. The van der Waals surface area contributed by atoms with Crippen molar-refractivity contribution in [1.29, 1.82) is 0 Å². The van der Waals surface area contributed by atoms with Crippen LogP contribution in [0.25, 0.3) is 0 Å². The molecule has 1 amide bonds. The second-order valence-corrected chi connectivity index (χ2v) is 6.54. The highest BCUT2D eigenvalue weighted by atomic mass is 79.9. The summed E-state index contributed by atoms with van der Waals surface area (Å²) in [6.45, 7) is 6.87. The Balaban J connectivity index is 2.30. The third-order valence-corrected chi connectivity index (χ3v) is 4.62. The lowest BCUT2D eigenvalue weighted by Crippen LogP contribution is -2.14. The van der Waals surface area contributed by atoms with Gasteiger partial charge in [-0.05, 0) is 71.6 Å². The SMILES string of the molecule is CCOc1cccc(NC(=O)OC)c1COc1cc(C)c(CC)cc1Br. The standard InChI is InChI=1S/C20H24BrNO4/c1-5-14-11-16(21)19(10-13(14)3)26-12-15-17(22-20(23)24-4)8-7-9-18(15)25-6-2/h7-11H,5-6,12H2,1-4H3,(H,22,23). The second-order valence-electron chi connectivity index (χ2n) is 5.68. The molecule has 0 saturated carbocycles. The molecule has 0 radical (unpaired) electrons. The van der Waals surface area contributed by atoms with Gasteiger partial charge in [0.2, 0.25) is 0 Å². The van der Waals surface area contributed by atoms with E-state index in [1.165, 1.54) is 18.2 Å². The number of benzene rings is 2. The number of rotatable bonds is 7. The van der Waals surface area contributed by atoms with Crippen LogP contribution in [-0.4, -0.2) is 19.8 Å². The fraction of sp³-hybridized carbons (Fsp3) is 0.350. The lowest BCUT2D eigenvalue weighted by Gasteiger charge is -2.17. The van der Waals surface area contributed by atoms with Crippen molar-refractivity contribution in [1.82, 2.24) is 0 Å². The zero-order chi connectivity index (χ0) is 19.1. The molecule has 0 bridgehead atoms. The average Bonchev–Trinajstić information content (AvgIpc) is 2.63. The Kier molecular flexibility index (Phi) is 7.33. The molecule has 0 saturated heterocycles. The third-order valence-electron chi connectivity index (χ3n) is 4.00. The van der Waals surface area contributed by atoms with Crippen LogP contribution in [0.3, 0.4) is 0 Å². The molecule has 0 aliphatic carbocycles. The molecule has 2 aromatic carbocycles. The third kappa shape index (κ3) is 4.91. The topological polar surface area (TPSA) is 56.8 Å². The highest BCUT2D eigenvalue weighted by molar-refractivity contribution is 9.10. The maximum absolute atomic E-state index is 11.6. The number of ether oxygens (including phenoxy) is 3. The zero-order valence-corrected chi connectivity index (χ0v) is 17.1. The first kappa shape index (κ1) is 20.1. The lowest BCUT2D eigenvalue weighted by molar-refractivity contribution is 0.187. The van der Waals surface area contributed by atoms with Crippen molar-refractivity contribution in [2.45, 2.75) is 33.8 Å². The number of hydrogen-bond donors (Lipinski definition) is 1. The van der Waals surface area contributed by atoms with Crippen molar-refractivity contribution in [2.75, 3.05) is 19.0 Å². The highest BCUT2D eigenvalue weighted by Crippen LogP contribution is 2.32. The highest BCUT2D eigenvalue weighted by Gasteiger charge is 2.14. The Hall–Kier alpha value is -2.21. The first-order valence-corrected chi connectivity index (χ1v) is 9.30. The van der Waals surface area contributed by atoms with Crippen LogP contribution in [0.1, 0.15) is 30.5 Å². The van der Waals surface area contributed by atoms with E-state index >= 15 is 0 Å². The number of aryl methyl sites for hydroxylation is 2. The van der Waals surface area contributed by atoms with Crippen molar-refractivity contribution >= 4 is 27.7 Å². The van der Waals surface area contributed by atoms with Crippen molar-refractivity contribution in [3.63, 3.8) is 0 Å². The quantitative estimate of drug-likeness (QED) is 0.643. The van der Waals surface area contributed by atoms with E-state index in [9.17, 15) is 4.79 Å². The van der Waals surface area contributed by atoms with Gasteiger partial charge in [-0.3, -0.25) is 5.32 Å². The van der Waals surface area contributed by atoms with Crippen LogP contribution in [0.15, 0.2) is 34.8 Å². The van der Waals surface area contributed by atoms with Crippen molar-refractivity contribution in [3.05, 3.63) is 51.5 Å². The summed E-state index contributed by atoms with van der Waals surface area (Å²) in [6.07, 6.45) is 0.426. The van der Waals surface area contributed by atoms with Gasteiger partial charge in [0.05, 0.1) is 29.4 Å². The molecule has 0 aliphatic heterocycles. The summed E-state index contributed by atoms with van der Waals surface area (Å²) >= 11 is 3.57. The van der Waals surface area contributed by atoms with E-state index in [0.29, 0.717) is 18.0 Å². The number of amides is 1. The lowest BCUT2D eigenvalue weighted by atomic mass is 10.1. The van der Waals surface area contributed by atoms with Crippen LogP contribution >= 0.6 is 15.9 Å². The monoisotopic (exact) mass is 421 g/mol. The first-order valence-electron chi connectivity index (χ1n) is 8.51. The molecule has 140 valence electrons. The van der Waals surface area contributed by atoms with Crippen molar-refractivity contribution in [2.24, 2.45) is 0 Å². The van der Waals surface area contributed by atoms with Gasteiger partial charge in [0.15, 0.2) is 0 Å². The Morgan fingerprint density at radius 1 is 1.15 bits per heavy atom. The minimum absolute atomic E-state index is 0.249. The van der Waals surface area contributed by atoms with Gasteiger partial charge in [-0.25, -0.2) is 4.79 Å². The van der Waals surface area contributed by atoms with Gasteiger partial charge in [-0.2, -0.15) is 0 Å². The number of hydrogen-bond acceptors (Lipinski definition) is 4. The van der Waals surface area contributed by atoms with Gasteiger partial charge in [-0.15, -0.1) is 0 Å². The molecule has 0 heterocycles. The van der Waals surface area contributed by atoms with Crippen LogP contribution in [0.5, 0.6) is 11.5 Å². The van der Waals surface area contributed by atoms with E-state index in [4.69, 9.17) is 14.2 Å². The number of methoxy groups -OCH3 is 1. The molecule has 5 nitrogen and oxygen atoms in total. The zero-order valence-electron chi connectivity index (χ0n) is 15.5. The fourth-order valence-electron chi connectivity index (χ4n) is 2.62. The van der Waals surface area contributed by atoms with E-state index < -0.39 is 6.09 Å². The van der Waals surface area contributed by atoms with Crippen LogP contribution in [0.2, 0.25) is 0 Å². The van der Waals surface area contributed by atoms with E-state index in [-0.39, 0.29) is 6.61 Å². The second kappa shape index (κ2) is 9.48. The molecular formula is C20H24BrNO4. The summed E-state index contributed by atoms with van der Waals surface area (Å²) in [5.41, 5.74) is 3.80. The van der Waals surface area contributed by atoms with Crippen LogP contribution in [0, 0.1) is 6.92 Å². The Labute approximate surface area is 162 Å². The smallest absolute Gasteiger partial charge is 0.411 e. The molecule has 26 heavy (non-hydrogen) atoms. The summed E-state index contributed by atoms with van der Waals surface area (Å²) in [5, 5.41) is 2.71. The van der Waals surface area contributed by atoms with Gasteiger partial charge in [0.1, 0.15) is 18.1 Å². The molecule has 0 spiro atoms.